The van der Waals surface area contributed by atoms with E-state index in [-0.39, 0.29) is 6.10 Å². The van der Waals surface area contributed by atoms with E-state index in [0.717, 1.165) is 9.75 Å². The molecule has 0 aliphatic rings. The molecule has 0 spiro atoms. The highest BCUT2D eigenvalue weighted by molar-refractivity contribution is 7.11. The molecule has 84 valence electrons. The first kappa shape index (κ1) is 11.3. The zero-order valence-corrected chi connectivity index (χ0v) is 9.96. The molecule has 0 saturated carbocycles. The third-order valence-electron chi connectivity index (χ3n) is 1.98. The summed E-state index contributed by atoms with van der Waals surface area (Å²) >= 11 is 3.06. The summed E-state index contributed by atoms with van der Waals surface area (Å²) < 4.78 is 5.22. The number of carbonyl (C=O) groups excluding carboxylic acids is 1. The van der Waals surface area contributed by atoms with Gasteiger partial charge in [-0.2, -0.15) is 0 Å². The Kier molecular flexibility index (Phi) is 3.71. The van der Waals surface area contributed by atoms with Gasteiger partial charge in [0, 0.05) is 0 Å². The van der Waals surface area contributed by atoms with Crippen LogP contribution >= 0.6 is 22.7 Å². The molecule has 2 rings (SSSR count). The van der Waals surface area contributed by atoms with Crippen molar-refractivity contribution in [3.05, 3.63) is 44.8 Å². The molecule has 1 N–H and O–H groups in total. The van der Waals surface area contributed by atoms with E-state index in [4.69, 9.17) is 9.84 Å². The van der Waals surface area contributed by atoms with E-state index in [9.17, 15) is 4.79 Å². The molecule has 0 saturated heterocycles. The SMILES string of the molecule is O=C(CO)OC(c1cccs1)c1cccs1. The van der Waals surface area contributed by atoms with Crippen LogP contribution in [0.1, 0.15) is 15.9 Å². The highest BCUT2D eigenvalue weighted by Crippen LogP contribution is 2.32. The summed E-state index contributed by atoms with van der Waals surface area (Å²) in [4.78, 5) is 13.1. The van der Waals surface area contributed by atoms with Crippen LogP contribution in [0.2, 0.25) is 0 Å². The standard InChI is InChI=1S/C11H10O3S2/c12-7-10(13)14-11(8-3-1-5-15-8)9-4-2-6-16-9/h1-6,11-12H,7H2. The fourth-order valence-electron chi connectivity index (χ4n) is 1.31. The lowest BCUT2D eigenvalue weighted by molar-refractivity contribution is -0.150. The molecule has 0 aliphatic carbocycles. The number of ether oxygens (including phenoxy) is 1. The summed E-state index contributed by atoms with van der Waals surface area (Å²) in [6, 6.07) is 7.65. The molecule has 2 aromatic rings. The molecule has 0 radical (unpaired) electrons. The molecule has 0 bridgehead atoms. The van der Waals surface area contributed by atoms with Crippen molar-refractivity contribution < 1.29 is 14.6 Å². The molecule has 0 unspecified atom stereocenters. The minimum atomic E-state index is -0.605. The van der Waals surface area contributed by atoms with E-state index >= 15 is 0 Å². The number of aliphatic hydroxyl groups is 1. The number of thiophene rings is 2. The Morgan fingerprint density at radius 3 is 2.19 bits per heavy atom. The second kappa shape index (κ2) is 5.25. The van der Waals surface area contributed by atoms with Gasteiger partial charge in [-0.15, -0.1) is 22.7 Å². The van der Waals surface area contributed by atoms with Crippen molar-refractivity contribution in [2.45, 2.75) is 6.10 Å². The molecule has 2 aromatic heterocycles. The maximum Gasteiger partial charge on any atom is 0.332 e. The highest BCUT2D eigenvalue weighted by atomic mass is 32.1. The predicted molar refractivity (Wildman–Crippen MR) is 63.7 cm³/mol. The maximum absolute atomic E-state index is 11.1. The summed E-state index contributed by atoms with van der Waals surface area (Å²) in [5, 5.41) is 12.6. The van der Waals surface area contributed by atoms with Gasteiger partial charge < -0.3 is 9.84 Å². The van der Waals surface area contributed by atoms with Crippen LogP contribution in [0.15, 0.2) is 35.0 Å². The molecule has 0 aliphatic heterocycles. The lowest BCUT2D eigenvalue weighted by Gasteiger charge is -2.14. The van der Waals surface area contributed by atoms with Gasteiger partial charge in [0.1, 0.15) is 6.61 Å². The summed E-state index contributed by atoms with van der Waals surface area (Å²) in [5.41, 5.74) is 0. The van der Waals surface area contributed by atoms with E-state index in [0.29, 0.717) is 0 Å². The Morgan fingerprint density at radius 2 is 1.81 bits per heavy atom. The van der Waals surface area contributed by atoms with Gasteiger partial charge in [-0.25, -0.2) is 4.79 Å². The van der Waals surface area contributed by atoms with Gasteiger partial charge in [0.25, 0.3) is 0 Å². The van der Waals surface area contributed by atoms with Gasteiger partial charge in [0.05, 0.1) is 9.75 Å². The Morgan fingerprint density at radius 1 is 1.25 bits per heavy atom. The van der Waals surface area contributed by atoms with Crippen molar-refractivity contribution in [1.82, 2.24) is 0 Å². The third kappa shape index (κ3) is 2.49. The minimum Gasteiger partial charge on any atom is -0.449 e. The van der Waals surface area contributed by atoms with Gasteiger partial charge in [0.15, 0.2) is 6.10 Å². The van der Waals surface area contributed by atoms with Crippen LogP contribution in [-0.4, -0.2) is 17.7 Å². The largest absolute Gasteiger partial charge is 0.449 e. The molecule has 0 amide bonds. The zero-order chi connectivity index (χ0) is 11.4. The molecular formula is C11H10O3S2. The number of hydrogen-bond donors (Lipinski definition) is 1. The fraction of sp³-hybridized carbons (Fsp3) is 0.182. The number of esters is 1. The van der Waals surface area contributed by atoms with Crippen LogP contribution in [0.3, 0.4) is 0 Å². The molecule has 16 heavy (non-hydrogen) atoms. The van der Waals surface area contributed by atoms with Gasteiger partial charge in [0.2, 0.25) is 0 Å². The smallest absolute Gasteiger partial charge is 0.332 e. The number of aliphatic hydroxyl groups excluding tert-OH is 1. The molecule has 2 heterocycles. The normalized spacial score (nSPS) is 10.6. The first-order valence-electron chi connectivity index (χ1n) is 4.68. The van der Waals surface area contributed by atoms with Crippen molar-refractivity contribution in [2.75, 3.05) is 6.61 Å². The van der Waals surface area contributed by atoms with E-state index < -0.39 is 12.6 Å². The Labute approximate surface area is 101 Å². The number of hydrogen-bond acceptors (Lipinski definition) is 5. The lowest BCUT2D eigenvalue weighted by Crippen LogP contribution is -2.13. The first-order valence-corrected chi connectivity index (χ1v) is 6.44. The van der Waals surface area contributed by atoms with Gasteiger partial charge in [-0.1, -0.05) is 12.1 Å². The summed E-state index contributed by atoms with van der Waals surface area (Å²) in [7, 11) is 0. The van der Waals surface area contributed by atoms with Crippen LogP contribution in [0, 0.1) is 0 Å². The summed E-state index contributed by atoms with van der Waals surface area (Å²) in [5.74, 6) is -0.605. The van der Waals surface area contributed by atoms with Gasteiger partial charge in [-0.05, 0) is 22.9 Å². The topological polar surface area (TPSA) is 46.5 Å². The van der Waals surface area contributed by atoms with Crippen molar-refractivity contribution >= 4 is 28.6 Å². The number of carbonyl (C=O) groups is 1. The zero-order valence-electron chi connectivity index (χ0n) is 8.33. The second-order valence-corrected chi connectivity index (χ2v) is 5.02. The van der Waals surface area contributed by atoms with Gasteiger partial charge in [-0.3, -0.25) is 0 Å². The second-order valence-electron chi connectivity index (χ2n) is 3.06. The summed E-state index contributed by atoms with van der Waals surface area (Å²) in [6.45, 7) is -0.590. The average molecular weight is 254 g/mol. The van der Waals surface area contributed by atoms with Crippen molar-refractivity contribution in [2.24, 2.45) is 0 Å². The fourth-order valence-corrected chi connectivity index (χ4v) is 2.92. The van der Waals surface area contributed by atoms with E-state index in [1.807, 2.05) is 35.0 Å². The third-order valence-corrected chi connectivity index (χ3v) is 3.81. The minimum absolute atomic E-state index is 0.389. The van der Waals surface area contributed by atoms with Crippen LogP contribution in [0.5, 0.6) is 0 Å². The predicted octanol–water partition coefficient (Wildman–Crippen LogP) is 2.43. The molecule has 0 atom stereocenters. The maximum atomic E-state index is 11.1. The molecule has 0 fully saturated rings. The van der Waals surface area contributed by atoms with Crippen molar-refractivity contribution in [1.29, 1.82) is 0 Å². The van der Waals surface area contributed by atoms with Gasteiger partial charge >= 0.3 is 5.97 Å². The summed E-state index contributed by atoms with van der Waals surface area (Å²) in [6.07, 6.45) is -0.389. The van der Waals surface area contributed by atoms with Crippen LogP contribution in [0.4, 0.5) is 0 Å². The van der Waals surface area contributed by atoms with E-state index in [1.54, 1.807) is 0 Å². The lowest BCUT2D eigenvalue weighted by atomic mass is 10.2. The Balaban J connectivity index is 2.24. The van der Waals surface area contributed by atoms with E-state index in [2.05, 4.69) is 0 Å². The monoisotopic (exact) mass is 254 g/mol. The highest BCUT2D eigenvalue weighted by Gasteiger charge is 2.20. The van der Waals surface area contributed by atoms with Crippen molar-refractivity contribution in [3.8, 4) is 0 Å². The molecule has 3 nitrogen and oxygen atoms in total. The molecule has 0 aromatic carbocycles. The van der Waals surface area contributed by atoms with Crippen LogP contribution < -0.4 is 0 Å². The number of rotatable bonds is 4. The Bertz CT molecular complexity index is 400. The van der Waals surface area contributed by atoms with E-state index in [1.165, 1.54) is 22.7 Å². The van der Waals surface area contributed by atoms with Crippen LogP contribution in [-0.2, 0) is 9.53 Å². The quantitative estimate of drug-likeness (QED) is 0.852. The first-order chi connectivity index (χ1) is 7.81. The average Bonchev–Trinajstić information content (AvgIpc) is 2.97. The molecule has 5 heteroatoms. The van der Waals surface area contributed by atoms with Crippen LogP contribution in [0.25, 0.3) is 0 Å². The Hall–Kier alpha value is -1.17. The van der Waals surface area contributed by atoms with Crippen molar-refractivity contribution in [3.63, 3.8) is 0 Å². The molecular weight excluding hydrogens is 244 g/mol.